The number of nitrogens with one attached hydrogen (secondary N) is 1. The van der Waals surface area contributed by atoms with Crippen molar-refractivity contribution in [2.24, 2.45) is 0 Å². The summed E-state index contributed by atoms with van der Waals surface area (Å²) < 4.78 is 20.3. The van der Waals surface area contributed by atoms with Gasteiger partial charge in [0, 0.05) is 25.3 Å². The topological polar surface area (TPSA) is 59.4 Å². The quantitative estimate of drug-likeness (QED) is 0.699. The number of nitrogens with zero attached hydrogens (tertiary/aromatic N) is 3. The molecule has 7 heteroatoms. The molecule has 0 spiro atoms. The lowest BCUT2D eigenvalue weighted by Crippen LogP contribution is -2.35. The molecule has 4 rings (SSSR count). The molecule has 0 saturated carbocycles. The number of aryl methyl sites for hydroxylation is 1. The molecule has 1 fully saturated rings. The van der Waals surface area contributed by atoms with E-state index in [-0.39, 0.29) is 11.7 Å². The molecule has 1 aliphatic rings. The summed E-state index contributed by atoms with van der Waals surface area (Å²) in [5.41, 5.74) is 4.50. The highest BCUT2D eigenvalue weighted by Gasteiger charge is 2.20. The molecule has 0 unspecified atom stereocenters. The Kier molecular flexibility index (Phi) is 5.92. The summed E-state index contributed by atoms with van der Waals surface area (Å²) in [5.74, 6) is -0.519. The molecule has 156 valence electrons. The first-order valence-electron chi connectivity index (χ1n) is 10.0. The Morgan fingerprint density at radius 1 is 1.07 bits per heavy atom. The van der Waals surface area contributed by atoms with Crippen molar-refractivity contribution in [2.75, 3.05) is 31.6 Å². The van der Waals surface area contributed by atoms with E-state index in [0.29, 0.717) is 22.6 Å². The van der Waals surface area contributed by atoms with Gasteiger partial charge in [0.1, 0.15) is 5.82 Å². The number of benzene rings is 2. The molecule has 0 bridgehead atoms. The molecule has 1 aliphatic heterocycles. The standard InChI is InChI=1S/C23H25FN4O2/c1-16-22(17(2)28(26-16)21-9-5-19(24)6-10-21)23(29)25-20-7-3-18(4-8-20)15-27-11-13-30-14-12-27/h3-10H,11-15H2,1-2H3,(H,25,29). The number of carbonyl (C=O) groups is 1. The normalized spacial score (nSPS) is 14.6. The Balaban J connectivity index is 1.46. The summed E-state index contributed by atoms with van der Waals surface area (Å²) in [6.07, 6.45) is 0. The largest absolute Gasteiger partial charge is 0.379 e. The third kappa shape index (κ3) is 4.42. The smallest absolute Gasteiger partial charge is 0.259 e. The van der Waals surface area contributed by atoms with Crippen molar-refractivity contribution >= 4 is 11.6 Å². The van der Waals surface area contributed by atoms with Crippen LogP contribution in [-0.2, 0) is 11.3 Å². The molecular weight excluding hydrogens is 383 g/mol. The maximum atomic E-state index is 13.2. The maximum Gasteiger partial charge on any atom is 0.259 e. The number of hydrogen-bond acceptors (Lipinski definition) is 4. The Bertz CT molecular complexity index is 1020. The van der Waals surface area contributed by atoms with Gasteiger partial charge in [-0.1, -0.05) is 12.1 Å². The van der Waals surface area contributed by atoms with Crippen LogP contribution in [0.3, 0.4) is 0 Å². The summed E-state index contributed by atoms with van der Waals surface area (Å²) in [5, 5.41) is 7.43. The molecule has 0 atom stereocenters. The van der Waals surface area contributed by atoms with Gasteiger partial charge in [-0.2, -0.15) is 5.10 Å². The van der Waals surface area contributed by atoms with Gasteiger partial charge in [0.05, 0.1) is 35.9 Å². The van der Waals surface area contributed by atoms with Crippen molar-refractivity contribution < 1.29 is 13.9 Å². The summed E-state index contributed by atoms with van der Waals surface area (Å²) in [7, 11) is 0. The van der Waals surface area contributed by atoms with Gasteiger partial charge >= 0.3 is 0 Å². The van der Waals surface area contributed by atoms with E-state index in [1.54, 1.807) is 23.7 Å². The van der Waals surface area contributed by atoms with Gasteiger partial charge in [-0.15, -0.1) is 0 Å². The van der Waals surface area contributed by atoms with Crippen LogP contribution in [0, 0.1) is 19.7 Å². The number of rotatable bonds is 5. The second kappa shape index (κ2) is 8.77. The van der Waals surface area contributed by atoms with E-state index < -0.39 is 0 Å². The zero-order valence-corrected chi connectivity index (χ0v) is 17.2. The first-order chi connectivity index (χ1) is 14.5. The Labute approximate surface area is 175 Å². The van der Waals surface area contributed by atoms with E-state index in [1.165, 1.54) is 17.7 Å². The van der Waals surface area contributed by atoms with Gasteiger partial charge in [-0.25, -0.2) is 9.07 Å². The zero-order chi connectivity index (χ0) is 21.1. The van der Waals surface area contributed by atoms with Crippen molar-refractivity contribution in [1.82, 2.24) is 14.7 Å². The van der Waals surface area contributed by atoms with Crippen molar-refractivity contribution in [3.8, 4) is 5.69 Å². The van der Waals surface area contributed by atoms with Crippen molar-refractivity contribution in [3.63, 3.8) is 0 Å². The zero-order valence-electron chi connectivity index (χ0n) is 17.2. The van der Waals surface area contributed by atoms with Crippen LogP contribution in [0.5, 0.6) is 0 Å². The molecule has 30 heavy (non-hydrogen) atoms. The van der Waals surface area contributed by atoms with E-state index in [4.69, 9.17) is 4.74 Å². The highest BCUT2D eigenvalue weighted by atomic mass is 19.1. The highest BCUT2D eigenvalue weighted by molar-refractivity contribution is 6.05. The number of aromatic nitrogens is 2. The van der Waals surface area contributed by atoms with E-state index >= 15 is 0 Å². The van der Waals surface area contributed by atoms with Crippen LogP contribution in [-0.4, -0.2) is 46.9 Å². The average molecular weight is 408 g/mol. The molecule has 2 aromatic carbocycles. The molecular formula is C23H25FN4O2. The van der Waals surface area contributed by atoms with Gasteiger partial charge in [0.25, 0.3) is 5.91 Å². The summed E-state index contributed by atoms with van der Waals surface area (Å²) in [4.78, 5) is 15.3. The van der Waals surface area contributed by atoms with Crippen LogP contribution in [0.15, 0.2) is 48.5 Å². The van der Waals surface area contributed by atoms with E-state index in [1.807, 2.05) is 31.2 Å². The molecule has 1 saturated heterocycles. The average Bonchev–Trinajstić information content (AvgIpc) is 3.05. The van der Waals surface area contributed by atoms with Crippen LogP contribution in [0.1, 0.15) is 27.3 Å². The number of ether oxygens (including phenoxy) is 1. The molecule has 0 radical (unpaired) electrons. The van der Waals surface area contributed by atoms with Crippen LogP contribution in [0.25, 0.3) is 5.69 Å². The molecule has 2 heterocycles. The van der Waals surface area contributed by atoms with Gasteiger partial charge in [-0.3, -0.25) is 9.69 Å². The number of carbonyl (C=O) groups excluding carboxylic acids is 1. The Morgan fingerprint density at radius 3 is 2.40 bits per heavy atom. The predicted octanol–water partition coefficient (Wildman–Crippen LogP) is 3.71. The summed E-state index contributed by atoms with van der Waals surface area (Å²) in [6, 6.07) is 14.0. The lowest BCUT2D eigenvalue weighted by Gasteiger charge is -2.26. The van der Waals surface area contributed by atoms with Crippen LogP contribution in [0.2, 0.25) is 0 Å². The third-order valence-corrected chi connectivity index (χ3v) is 5.31. The van der Waals surface area contributed by atoms with Gasteiger partial charge < -0.3 is 10.1 Å². The molecule has 1 N–H and O–H groups in total. The first kappa shape index (κ1) is 20.3. The monoisotopic (exact) mass is 408 g/mol. The van der Waals surface area contributed by atoms with E-state index in [9.17, 15) is 9.18 Å². The molecule has 1 aromatic heterocycles. The van der Waals surface area contributed by atoms with Crippen molar-refractivity contribution in [3.05, 3.63) is 76.9 Å². The van der Waals surface area contributed by atoms with Crippen LogP contribution in [0.4, 0.5) is 10.1 Å². The Hall–Kier alpha value is -3.03. The SMILES string of the molecule is Cc1nn(-c2ccc(F)cc2)c(C)c1C(=O)Nc1ccc(CN2CCOCC2)cc1. The minimum Gasteiger partial charge on any atom is -0.379 e. The summed E-state index contributed by atoms with van der Waals surface area (Å²) in [6.45, 7) is 7.94. The fraction of sp³-hybridized carbons (Fsp3) is 0.304. The molecule has 6 nitrogen and oxygen atoms in total. The van der Waals surface area contributed by atoms with E-state index in [2.05, 4.69) is 15.3 Å². The van der Waals surface area contributed by atoms with Gasteiger partial charge in [0.2, 0.25) is 0 Å². The molecule has 3 aromatic rings. The summed E-state index contributed by atoms with van der Waals surface area (Å²) >= 11 is 0. The number of anilines is 1. The molecule has 1 amide bonds. The Morgan fingerprint density at radius 2 is 1.73 bits per heavy atom. The number of amides is 1. The minimum atomic E-state index is -0.310. The first-order valence-corrected chi connectivity index (χ1v) is 10.0. The fourth-order valence-corrected chi connectivity index (χ4v) is 3.71. The van der Waals surface area contributed by atoms with E-state index in [0.717, 1.165) is 38.5 Å². The highest BCUT2D eigenvalue weighted by Crippen LogP contribution is 2.20. The van der Waals surface area contributed by atoms with Crippen molar-refractivity contribution in [1.29, 1.82) is 0 Å². The lowest BCUT2D eigenvalue weighted by molar-refractivity contribution is 0.0342. The second-order valence-corrected chi connectivity index (χ2v) is 7.47. The van der Waals surface area contributed by atoms with Crippen LogP contribution >= 0.6 is 0 Å². The fourth-order valence-electron chi connectivity index (χ4n) is 3.71. The number of halogens is 1. The van der Waals surface area contributed by atoms with Crippen molar-refractivity contribution in [2.45, 2.75) is 20.4 Å². The molecule has 0 aliphatic carbocycles. The predicted molar refractivity (Wildman–Crippen MR) is 113 cm³/mol. The number of hydrogen-bond donors (Lipinski definition) is 1. The second-order valence-electron chi connectivity index (χ2n) is 7.47. The van der Waals surface area contributed by atoms with Crippen LogP contribution < -0.4 is 5.32 Å². The van der Waals surface area contributed by atoms with Gasteiger partial charge in [-0.05, 0) is 55.8 Å². The minimum absolute atomic E-state index is 0.209. The maximum absolute atomic E-state index is 13.2. The van der Waals surface area contributed by atoms with Gasteiger partial charge in [0.15, 0.2) is 0 Å². The number of morpholine rings is 1. The third-order valence-electron chi connectivity index (χ3n) is 5.31. The lowest BCUT2D eigenvalue weighted by atomic mass is 10.1.